The van der Waals surface area contributed by atoms with E-state index in [0.29, 0.717) is 55.7 Å². The number of fused-ring (bicyclic) bond motifs is 1. The van der Waals surface area contributed by atoms with E-state index in [1.165, 1.54) is 30.5 Å². The van der Waals surface area contributed by atoms with Gasteiger partial charge in [-0.15, -0.1) is 0 Å². The fraction of sp³-hybridized carbons (Fsp3) is 0.409. The van der Waals surface area contributed by atoms with Crippen LogP contribution in [0.1, 0.15) is 52.2 Å². The Morgan fingerprint density at radius 1 is 1.07 bits per heavy atom. The van der Waals surface area contributed by atoms with Crippen molar-refractivity contribution in [3.63, 3.8) is 0 Å². The molecule has 5 nitrogen and oxygen atoms in total. The standard InChI is InChI=1S/C22H22FNO4/c23-17-4-1-14(2-5-17)21(26)15-7-10-24(11-8-15)20(25)13-16-3-6-19-18(22(16)27)9-12-28-19/h1-2,4-5,9,12,15-16H,3,6-8,10-11,13H2. The van der Waals surface area contributed by atoms with Crippen LogP contribution < -0.4 is 0 Å². The molecule has 28 heavy (non-hydrogen) atoms. The third-order valence-electron chi connectivity index (χ3n) is 5.87. The second-order valence-electron chi connectivity index (χ2n) is 7.59. The van der Waals surface area contributed by atoms with Gasteiger partial charge in [0.05, 0.1) is 11.8 Å². The van der Waals surface area contributed by atoms with Crippen molar-refractivity contribution in [3.8, 4) is 0 Å². The molecule has 0 N–H and O–H groups in total. The van der Waals surface area contributed by atoms with Crippen molar-refractivity contribution < 1.29 is 23.2 Å². The maximum atomic E-state index is 13.0. The van der Waals surface area contributed by atoms with Crippen LogP contribution in [-0.2, 0) is 11.2 Å². The van der Waals surface area contributed by atoms with Crippen LogP contribution in [-0.4, -0.2) is 35.5 Å². The number of amides is 1. The number of carbonyl (C=O) groups is 3. The van der Waals surface area contributed by atoms with Gasteiger partial charge in [-0.3, -0.25) is 14.4 Å². The maximum Gasteiger partial charge on any atom is 0.223 e. The summed E-state index contributed by atoms with van der Waals surface area (Å²) in [6.07, 6.45) is 4.22. The molecule has 0 bridgehead atoms. The predicted molar refractivity (Wildman–Crippen MR) is 99.5 cm³/mol. The van der Waals surface area contributed by atoms with Crippen molar-refractivity contribution in [3.05, 3.63) is 59.3 Å². The first-order chi connectivity index (χ1) is 13.5. The third kappa shape index (κ3) is 3.63. The molecule has 1 saturated heterocycles. The number of nitrogens with zero attached hydrogens (tertiary/aromatic N) is 1. The number of Topliss-reactive ketones (excluding diaryl/α,β-unsaturated/α-hetero) is 2. The molecule has 1 aromatic carbocycles. The molecular formula is C22H22FNO4. The second-order valence-corrected chi connectivity index (χ2v) is 7.59. The number of piperidine rings is 1. The Morgan fingerprint density at radius 3 is 2.50 bits per heavy atom. The van der Waals surface area contributed by atoms with Gasteiger partial charge in [0.2, 0.25) is 5.91 Å². The van der Waals surface area contributed by atoms with Crippen LogP contribution in [0, 0.1) is 17.7 Å². The number of benzene rings is 1. The zero-order valence-corrected chi connectivity index (χ0v) is 15.5. The normalized spacial score (nSPS) is 20.1. The molecule has 0 radical (unpaired) electrons. The van der Waals surface area contributed by atoms with Gasteiger partial charge in [-0.1, -0.05) is 0 Å². The van der Waals surface area contributed by atoms with E-state index in [1.54, 1.807) is 11.0 Å². The molecule has 1 amide bonds. The van der Waals surface area contributed by atoms with Crippen LogP contribution in [0.3, 0.4) is 0 Å². The third-order valence-corrected chi connectivity index (χ3v) is 5.87. The van der Waals surface area contributed by atoms with E-state index >= 15 is 0 Å². The summed E-state index contributed by atoms with van der Waals surface area (Å²) in [4.78, 5) is 39.5. The van der Waals surface area contributed by atoms with Crippen molar-refractivity contribution in [2.24, 2.45) is 11.8 Å². The Balaban J connectivity index is 1.31. The number of rotatable bonds is 4. The Labute approximate surface area is 162 Å². The molecule has 1 aromatic heterocycles. The van der Waals surface area contributed by atoms with Gasteiger partial charge in [0.15, 0.2) is 11.6 Å². The molecule has 146 valence electrons. The second kappa shape index (κ2) is 7.70. The highest BCUT2D eigenvalue weighted by molar-refractivity contribution is 6.01. The van der Waals surface area contributed by atoms with Crippen molar-refractivity contribution in [2.75, 3.05) is 13.1 Å². The molecule has 6 heteroatoms. The number of furan rings is 1. The lowest BCUT2D eigenvalue weighted by atomic mass is 9.84. The molecular weight excluding hydrogens is 361 g/mol. The van der Waals surface area contributed by atoms with Crippen molar-refractivity contribution >= 4 is 17.5 Å². The van der Waals surface area contributed by atoms with E-state index in [0.717, 1.165) is 0 Å². The van der Waals surface area contributed by atoms with Crippen LogP contribution in [0.4, 0.5) is 4.39 Å². The molecule has 1 atom stereocenters. The highest BCUT2D eigenvalue weighted by Gasteiger charge is 2.34. The minimum Gasteiger partial charge on any atom is -0.469 e. The first-order valence-corrected chi connectivity index (χ1v) is 9.71. The molecule has 1 aliphatic carbocycles. The number of halogens is 1. The average Bonchev–Trinajstić information content (AvgIpc) is 3.20. The largest absolute Gasteiger partial charge is 0.469 e. The van der Waals surface area contributed by atoms with E-state index in [1.807, 2.05) is 0 Å². The molecule has 1 fully saturated rings. The molecule has 2 aromatic rings. The summed E-state index contributed by atoms with van der Waals surface area (Å²) >= 11 is 0. The molecule has 2 aliphatic rings. The SMILES string of the molecule is O=C(c1ccc(F)cc1)C1CCN(C(=O)CC2CCc3occc3C2=O)CC1. The first-order valence-electron chi connectivity index (χ1n) is 9.71. The summed E-state index contributed by atoms with van der Waals surface area (Å²) in [6, 6.07) is 7.28. The lowest BCUT2D eigenvalue weighted by Crippen LogP contribution is -2.41. The zero-order valence-electron chi connectivity index (χ0n) is 15.5. The van der Waals surface area contributed by atoms with Gasteiger partial charge >= 0.3 is 0 Å². The number of likely N-dealkylation sites (tertiary alicyclic amines) is 1. The number of hydrogen-bond acceptors (Lipinski definition) is 4. The van der Waals surface area contributed by atoms with Gasteiger partial charge in [0.1, 0.15) is 11.6 Å². The number of aryl methyl sites for hydroxylation is 1. The lowest BCUT2D eigenvalue weighted by molar-refractivity contribution is -0.133. The minimum absolute atomic E-state index is 0.00189. The molecule has 0 saturated carbocycles. The Hall–Kier alpha value is -2.76. The highest BCUT2D eigenvalue weighted by Crippen LogP contribution is 2.30. The summed E-state index contributed by atoms with van der Waals surface area (Å²) in [7, 11) is 0. The van der Waals surface area contributed by atoms with Gasteiger partial charge in [0.25, 0.3) is 0 Å². The quantitative estimate of drug-likeness (QED) is 0.756. The van der Waals surface area contributed by atoms with Gasteiger partial charge in [-0.2, -0.15) is 0 Å². The molecule has 2 heterocycles. The van der Waals surface area contributed by atoms with Gasteiger partial charge < -0.3 is 9.32 Å². The van der Waals surface area contributed by atoms with Crippen LogP contribution >= 0.6 is 0 Å². The summed E-state index contributed by atoms with van der Waals surface area (Å²) < 4.78 is 18.3. The predicted octanol–water partition coefficient (Wildman–Crippen LogP) is 3.68. The Bertz CT molecular complexity index is 894. The van der Waals surface area contributed by atoms with Crippen LogP contribution in [0.15, 0.2) is 41.0 Å². The molecule has 0 spiro atoms. The molecule has 1 unspecified atom stereocenters. The number of hydrogen-bond donors (Lipinski definition) is 0. The van der Waals surface area contributed by atoms with Crippen molar-refractivity contribution in [2.45, 2.75) is 32.1 Å². The van der Waals surface area contributed by atoms with E-state index in [2.05, 4.69) is 0 Å². The molecule has 4 rings (SSSR count). The maximum absolute atomic E-state index is 13.0. The summed E-state index contributed by atoms with van der Waals surface area (Å²) in [5, 5.41) is 0. The monoisotopic (exact) mass is 383 g/mol. The van der Waals surface area contributed by atoms with Crippen molar-refractivity contribution in [1.82, 2.24) is 4.90 Å². The van der Waals surface area contributed by atoms with Gasteiger partial charge in [-0.25, -0.2) is 4.39 Å². The summed E-state index contributed by atoms with van der Waals surface area (Å²) in [6.45, 7) is 1.02. The van der Waals surface area contributed by atoms with E-state index in [9.17, 15) is 18.8 Å². The average molecular weight is 383 g/mol. The minimum atomic E-state index is -0.364. The van der Waals surface area contributed by atoms with E-state index in [-0.39, 0.29) is 41.5 Å². The van der Waals surface area contributed by atoms with Crippen LogP contribution in [0.2, 0.25) is 0 Å². The van der Waals surface area contributed by atoms with E-state index in [4.69, 9.17) is 4.42 Å². The van der Waals surface area contributed by atoms with E-state index < -0.39 is 0 Å². The van der Waals surface area contributed by atoms with Crippen LogP contribution in [0.5, 0.6) is 0 Å². The van der Waals surface area contributed by atoms with Gasteiger partial charge in [-0.05, 0) is 49.6 Å². The topological polar surface area (TPSA) is 67.6 Å². The number of ketones is 2. The Morgan fingerprint density at radius 2 is 1.79 bits per heavy atom. The Kier molecular flexibility index (Phi) is 5.11. The zero-order chi connectivity index (χ0) is 19.7. The highest BCUT2D eigenvalue weighted by atomic mass is 19.1. The smallest absolute Gasteiger partial charge is 0.223 e. The summed E-state index contributed by atoms with van der Waals surface area (Å²) in [5.41, 5.74) is 1.11. The molecule has 1 aliphatic heterocycles. The van der Waals surface area contributed by atoms with Crippen molar-refractivity contribution in [1.29, 1.82) is 0 Å². The fourth-order valence-corrected chi connectivity index (χ4v) is 4.19. The number of carbonyl (C=O) groups excluding carboxylic acids is 3. The van der Waals surface area contributed by atoms with Gasteiger partial charge in [0, 0.05) is 43.3 Å². The first kappa shape index (κ1) is 18.6. The fourth-order valence-electron chi connectivity index (χ4n) is 4.19. The summed E-state index contributed by atoms with van der Waals surface area (Å²) in [5.74, 6) is -0.134. The van der Waals surface area contributed by atoms with Crippen LogP contribution in [0.25, 0.3) is 0 Å². The lowest BCUT2D eigenvalue weighted by Gasteiger charge is -2.32.